The van der Waals surface area contributed by atoms with Crippen LogP contribution >= 0.6 is 0 Å². The largest absolute Gasteiger partial charge is 0.508 e. The molecule has 1 aromatic rings. The van der Waals surface area contributed by atoms with Gasteiger partial charge in [-0.15, -0.1) is 0 Å². The van der Waals surface area contributed by atoms with Crippen LogP contribution in [0.25, 0.3) is 6.08 Å². The second kappa shape index (κ2) is 6.50. The van der Waals surface area contributed by atoms with Crippen molar-refractivity contribution in [2.45, 2.75) is 33.1 Å². The second-order valence-corrected chi connectivity index (χ2v) is 6.55. The van der Waals surface area contributed by atoms with Gasteiger partial charge in [0.1, 0.15) is 23.5 Å². The van der Waals surface area contributed by atoms with Gasteiger partial charge < -0.3 is 5.11 Å². The third-order valence-electron chi connectivity index (χ3n) is 4.25. The van der Waals surface area contributed by atoms with Crippen LogP contribution in [0.5, 0.6) is 5.75 Å². The average Bonchev–Trinajstić information content (AvgIpc) is 2.49. The highest BCUT2D eigenvalue weighted by atomic mass is 16.3. The van der Waals surface area contributed by atoms with E-state index in [1.54, 1.807) is 12.1 Å². The van der Waals surface area contributed by atoms with Crippen molar-refractivity contribution < 1.29 is 5.11 Å². The van der Waals surface area contributed by atoms with Gasteiger partial charge >= 0.3 is 0 Å². The van der Waals surface area contributed by atoms with Crippen LogP contribution in [0.3, 0.4) is 0 Å². The van der Waals surface area contributed by atoms with Gasteiger partial charge in [0.2, 0.25) is 0 Å². The summed E-state index contributed by atoms with van der Waals surface area (Å²) in [5.74, 6) is 0.361. The first kappa shape index (κ1) is 15.9. The number of nitriles is 2. The zero-order chi connectivity index (χ0) is 16.2. The van der Waals surface area contributed by atoms with E-state index in [2.05, 4.69) is 19.9 Å². The van der Waals surface area contributed by atoms with Crippen molar-refractivity contribution in [1.82, 2.24) is 0 Å². The van der Waals surface area contributed by atoms with Crippen LogP contribution in [0, 0.1) is 34.0 Å². The summed E-state index contributed by atoms with van der Waals surface area (Å²) in [5.41, 5.74) is 2.43. The monoisotopic (exact) mass is 292 g/mol. The molecule has 1 aliphatic carbocycles. The molecule has 112 valence electrons. The lowest BCUT2D eigenvalue weighted by Crippen LogP contribution is -2.24. The van der Waals surface area contributed by atoms with E-state index in [0.29, 0.717) is 0 Å². The molecular weight excluding hydrogens is 272 g/mol. The highest BCUT2D eigenvalue weighted by molar-refractivity contribution is 5.53. The Morgan fingerprint density at radius 3 is 2.45 bits per heavy atom. The molecular formula is C19H20N2O. The van der Waals surface area contributed by atoms with E-state index in [4.69, 9.17) is 10.5 Å². The number of aromatic hydroxyl groups is 1. The summed E-state index contributed by atoms with van der Waals surface area (Å²) in [6, 6.07) is 11.1. The van der Waals surface area contributed by atoms with E-state index in [1.807, 2.05) is 30.3 Å². The molecule has 1 N–H and O–H groups in total. The van der Waals surface area contributed by atoms with Gasteiger partial charge in [0, 0.05) is 5.92 Å². The summed E-state index contributed by atoms with van der Waals surface area (Å²) in [6.45, 7) is 4.45. The fourth-order valence-electron chi connectivity index (χ4n) is 2.95. The van der Waals surface area contributed by atoms with Crippen molar-refractivity contribution in [3.05, 3.63) is 47.1 Å². The zero-order valence-electron chi connectivity index (χ0n) is 13.0. The van der Waals surface area contributed by atoms with Crippen LogP contribution in [0.1, 0.15) is 38.7 Å². The maximum Gasteiger partial charge on any atom is 0.129 e. The molecule has 3 heteroatoms. The van der Waals surface area contributed by atoms with Crippen molar-refractivity contribution in [3.8, 4) is 17.9 Å². The summed E-state index contributed by atoms with van der Waals surface area (Å²) >= 11 is 0. The minimum Gasteiger partial charge on any atom is -0.508 e. The predicted octanol–water partition coefficient (Wildman–Crippen LogP) is 4.58. The molecule has 0 heterocycles. The lowest BCUT2D eigenvalue weighted by molar-refractivity contribution is 0.247. The van der Waals surface area contributed by atoms with Gasteiger partial charge in [-0.3, -0.25) is 0 Å². The summed E-state index contributed by atoms with van der Waals surface area (Å²) in [5, 5.41) is 27.6. The van der Waals surface area contributed by atoms with Crippen LogP contribution in [0.4, 0.5) is 0 Å². The number of phenols is 1. The average molecular weight is 292 g/mol. The first-order valence-corrected chi connectivity index (χ1v) is 7.46. The van der Waals surface area contributed by atoms with Crippen molar-refractivity contribution in [3.63, 3.8) is 0 Å². The van der Waals surface area contributed by atoms with Crippen LogP contribution in [0.2, 0.25) is 0 Å². The molecule has 22 heavy (non-hydrogen) atoms. The fraction of sp³-hybridized carbons (Fsp3) is 0.368. The Morgan fingerprint density at radius 1 is 1.23 bits per heavy atom. The SMILES string of the molecule is CC1(C)CCC(=C(C#N)C#N)C(C=Cc2ccc(O)cc2)C1. The summed E-state index contributed by atoms with van der Waals surface area (Å²) in [6.07, 6.45) is 6.81. The molecule has 1 aromatic carbocycles. The fourth-order valence-corrected chi connectivity index (χ4v) is 2.95. The Balaban J connectivity index is 2.31. The molecule has 1 aliphatic rings. The first-order chi connectivity index (χ1) is 10.4. The summed E-state index contributed by atoms with van der Waals surface area (Å²) < 4.78 is 0. The van der Waals surface area contributed by atoms with E-state index >= 15 is 0 Å². The maximum absolute atomic E-state index is 9.32. The van der Waals surface area contributed by atoms with Gasteiger partial charge in [-0.2, -0.15) is 10.5 Å². The van der Waals surface area contributed by atoms with Crippen LogP contribution < -0.4 is 0 Å². The van der Waals surface area contributed by atoms with Crippen LogP contribution in [-0.2, 0) is 0 Å². The molecule has 0 saturated heterocycles. The molecule has 0 spiro atoms. The number of benzene rings is 1. The predicted molar refractivity (Wildman–Crippen MR) is 86.5 cm³/mol. The molecule has 2 rings (SSSR count). The highest BCUT2D eigenvalue weighted by Gasteiger charge is 2.31. The molecule has 1 atom stereocenters. The third-order valence-corrected chi connectivity index (χ3v) is 4.25. The van der Waals surface area contributed by atoms with Crippen molar-refractivity contribution in [2.75, 3.05) is 0 Å². The van der Waals surface area contributed by atoms with E-state index in [1.165, 1.54) is 0 Å². The first-order valence-electron chi connectivity index (χ1n) is 7.46. The van der Waals surface area contributed by atoms with E-state index in [0.717, 1.165) is 30.4 Å². The van der Waals surface area contributed by atoms with Gasteiger partial charge in [0.25, 0.3) is 0 Å². The molecule has 3 nitrogen and oxygen atoms in total. The third kappa shape index (κ3) is 3.77. The van der Waals surface area contributed by atoms with Crippen molar-refractivity contribution in [2.24, 2.45) is 11.3 Å². The summed E-state index contributed by atoms with van der Waals surface area (Å²) in [4.78, 5) is 0. The molecule has 1 fully saturated rings. The second-order valence-electron chi connectivity index (χ2n) is 6.55. The number of hydrogen-bond acceptors (Lipinski definition) is 3. The van der Waals surface area contributed by atoms with Crippen LogP contribution in [-0.4, -0.2) is 5.11 Å². The number of hydrogen-bond donors (Lipinski definition) is 1. The Kier molecular flexibility index (Phi) is 4.68. The van der Waals surface area contributed by atoms with Gasteiger partial charge in [-0.1, -0.05) is 38.1 Å². The zero-order valence-corrected chi connectivity index (χ0v) is 13.0. The molecule has 0 amide bonds. The number of phenolic OH excluding ortho intramolecular Hbond substituents is 1. The standard InChI is InChI=1S/C19H20N2O/c1-19(2)10-9-18(16(12-20)13-21)15(11-19)6-3-14-4-7-17(22)8-5-14/h3-8,15,22H,9-11H2,1-2H3. The van der Waals surface area contributed by atoms with E-state index < -0.39 is 0 Å². The molecule has 0 radical (unpaired) electrons. The van der Waals surface area contributed by atoms with E-state index in [9.17, 15) is 5.11 Å². The Labute approximate surface area is 131 Å². The van der Waals surface area contributed by atoms with Gasteiger partial charge in [-0.05, 0) is 47.9 Å². The van der Waals surface area contributed by atoms with Crippen molar-refractivity contribution in [1.29, 1.82) is 10.5 Å². The Hall–Kier alpha value is -2.52. The summed E-state index contributed by atoms with van der Waals surface area (Å²) in [7, 11) is 0. The lowest BCUT2D eigenvalue weighted by Gasteiger charge is -2.36. The smallest absolute Gasteiger partial charge is 0.129 e. The number of rotatable bonds is 2. The number of allylic oxidation sites excluding steroid dienone is 3. The quantitative estimate of drug-likeness (QED) is 0.811. The molecule has 0 aromatic heterocycles. The molecule has 0 aliphatic heterocycles. The Bertz CT molecular complexity index is 666. The molecule has 1 unspecified atom stereocenters. The van der Waals surface area contributed by atoms with Crippen molar-refractivity contribution >= 4 is 6.08 Å². The highest BCUT2D eigenvalue weighted by Crippen LogP contribution is 2.43. The van der Waals surface area contributed by atoms with Gasteiger partial charge in [0.05, 0.1) is 0 Å². The van der Waals surface area contributed by atoms with Gasteiger partial charge in [0.15, 0.2) is 0 Å². The Morgan fingerprint density at radius 2 is 1.86 bits per heavy atom. The molecule has 1 saturated carbocycles. The minimum absolute atomic E-state index is 0.117. The topological polar surface area (TPSA) is 67.8 Å². The normalized spacial score (nSPS) is 20.4. The van der Waals surface area contributed by atoms with Crippen LogP contribution in [0.15, 0.2) is 41.5 Å². The lowest BCUT2D eigenvalue weighted by atomic mass is 9.68. The minimum atomic E-state index is 0.117. The maximum atomic E-state index is 9.32. The number of nitrogens with zero attached hydrogens (tertiary/aromatic N) is 2. The van der Waals surface area contributed by atoms with E-state index in [-0.39, 0.29) is 22.7 Å². The molecule has 0 bridgehead atoms. The van der Waals surface area contributed by atoms with Gasteiger partial charge in [-0.25, -0.2) is 0 Å².